The second-order valence-corrected chi connectivity index (χ2v) is 6.08. The van der Waals surface area contributed by atoms with Gasteiger partial charge in [-0.3, -0.25) is 9.69 Å². The summed E-state index contributed by atoms with van der Waals surface area (Å²) in [6.45, 7) is 2.74. The van der Waals surface area contributed by atoms with Crippen LogP contribution in [0, 0.1) is 0 Å². The van der Waals surface area contributed by atoms with Crippen molar-refractivity contribution in [2.24, 2.45) is 0 Å². The molecule has 0 aliphatic carbocycles. The van der Waals surface area contributed by atoms with E-state index in [0.29, 0.717) is 6.54 Å². The molecule has 1 fully saturated rings. The molecule has 2 rings (SSSR count). The molecular weight excluding hydrogens is 254 g/mol. The van der Waals surface area contributed by atoms with E-state index >= 15 is 0 Å². The molecule has 1 aromatic rings. The fraction of sp³-hybridized carbons (Fsp3) is 0.562. The predicted octanol–water partition coefficient (Wildman–Crippen LogP) is 3.86. The normalized spacial score (nSPS) is 17.7. The maximum absolute atomic E-state index is 12.3. The molecule has 0 spiro atoms. The van der Waals surface area contributed by atoms with Gasteiger partial charge in [0.25, 0.3) is 0 Å². The zero-order chi connectivity index (χ0) is 13.5. The summed E-state index contributed by atoms with van der Waals surface area (Å²) in [7, 11) is 0. The van der Waals surface area contributed by atoms with Crippen LogP contribution >= 0.6 is 11.8 Å². The van der Waals surface area contributed by atoms with E-state index in [9.17, 15) is 4.79 Å². The number of Topliss-reactive ketones (excluding diaryl/α,β-unsaturated/α-hetero) is 1. The Hall–Kier alpha value is -0.800. The first-order chi connectivity index (χ1) is 9.29. The Labute approximate surface area is 120 Å². The van der Waals surface area contributed by atoms with Gasteiger partial charge in [-0.2, -0.15) is 0 Å². The average molecular weight is 277 g/mol. The van der Waals surface area contributed by atoms with Crippen LogP contribution in [0.15, 0.2) is 29.2 Å². The first-order valence-corrected chi connectivity index (χ1v) is 8.41. The largest absolute Gasteiger partial charge is 0.296 e. The van der Waals surface area contributed by atoms with Crippen molar-refractivity contribution in [2.45, 2.75) is 37.0 Å². The molecule has 0 bridgehead atoms. The van der Waals surface area contributed by atoms with Crippen LogP contribution < -0.4 is 0 Å². The van der Waals surface area contributed by atoms with Gasteiger partial charge in [-0.05, 0) is 44.3 Å². The lowest BCUT2D eigenvalue weighted by molar-refractivity contribution is 0.0924. The van der Waals surface area contributed by atoms with Crippen molar-refractivity contribution in [3.05, 3.63) is 29.8 Å². The number of hydrogen-bond acceptors (Lipinski definition) is 3. The third-order valence-electron chi connectivity index (χ3n) is 3.73. The molecule has 0 saturated carbocycles. The Bertz CT molecular complexity index is 394. The highest BCUT2D eigenvalue weighted by molar-refractivity contribution is 7.98. The quantitative estimate of drug-likeness (QED) is 0.616. The Morgan fingerprint density at radius 2 is 1.63 bits per heavy atom. The zero-order valence-electron chi connectivity index (χ0n) is 11.7. The highest BCUT2D eigenvalue weighted by atomic mass is 32.2. The molecule has 104 valence electrons. The minimum Gasteiger partial charge on any atom is -0.296 e. The predicted molar refractivity (Wildman–Crippen MR) is 82.1 cm³/mol. The highest BCUT2D eigenvalue weighted by Crippen LogP contribution is 2.16. The summed E-state index contributed by atoms with van der Waals surface area (Å²) in [5.74, 6) is 0.258. The van der Waals surface area contributed by atoms with Crippen molar-refractivity contribution in [2.75, 3.05) is 25.9 Å². The lowest BCUT2D eigenvalue weighted by atomic mass is 10.1. The van der Waals surface area contributed by atoms with E-state index in [-0.39, 0.29) is 5.78 Å². The molecule has 1 heterocycles. The molecule has 1 aliphatic heterocycles. The number of benzene rings is 1. The molecule has 2 nitrogen and oxygen atoms in total. The monoisotopic (exact) mass is 277 g/mol. The minimum atomic E-state index is 0.258. The lowest BCUT2D eigenvalue weighted by Gasteiger charge is -2.23. The number of carbonyl (C=O) groups is 1. The van der Waals surface area contributed by atoms with Gasteiger partial charge in [-0.25, -0.2) is 0 Å². The zero-order valence-corrected chi connectivity index (χ0v) is 12.5. The molecule has 1 aliphatic rings. The molecule has 0 radical (unpaired) electrons. The number of rotatable bonds is 4. The Morgan fingerprint density at radius 1 is 1.05 bits per heavy atom. The summed E-state index contributed by atoms with van der Waals surface area (Å²) in [5.41, 5.74) is 0.847. The third-order valence-corrected chi connectivity index (χ3v) is 4.47. The van der Waals surface area contributed by atoms with Crippen LogP contribution in [0.25, 0.3) is 0 Å². The number of carbonyl (C=O) groups excluding carboxylic acids is 1. The molecule has 1 saturated heterocycles. The molecule has 0 N–H and O–H groups in total. The van der Waals surface area contributed by atoms with Crippen LogP contribution in [0.5, 0.6) is 0 Å². The Morgan fingerprint density at radius 3 is 2.21 bits per heavy atom. The van der Waals surface area contributed by atoms with E-state index in [4.69, 9.17) is 0 Å². The first kappa shape index (κ1) is 14.6. The van der Waals surface area contributed by atoms with Crippen molar-refractivity contribution in [1.82, 2.24) is 4.90 Å². The number of likely N-dealkylation sites (tertiary alicyclic amines) is 1. The molecule has 0 atom stereocenters. The summed E-state index contributed by atoms with van der Waals surface area (Å²) in [4.78, 5) is 15.8. The summed E-state index contributed by atoms with van der Waals surface area (Å²) < 4.78 is 0. The van der Waals surface area contributed by atoms with Crippen LogP contribution in [-0.2, 0) is 0 Å². The highest BCUT2D eigenvalue weighted by Gasteiger charge is 2.13. The van der Waals surface area contributed by atoms with Crippen LogP contribution in [0.3, 0.4) is 0 Å². The van der Waals surface area contributed by atoms with E-state index in [0.717, 1.165) is 18.7 Å². The van der Waals surface area contributed by atoms with E-state index in [1.807, 2.05) is 24.3 Å². The smallest absolute Gasteiger partial charge is 0.176 e. The second kappa shape index (κ2) is 7.71. The van der Waals surface area contributed by atoms with Gasteiger partial charge in [0.1, 0.15) is 0 Å². The Kier molecular flexibility index (Phi) is 5.93. The second-order valence-electron chi connectivity index (χ2n) is 5.20. The average Bonchev–Trinajstić information content (AvgIpc) is 2.41. The molecule has 0 aromatic heterocycles. The van der Waals surface area contributed by atoms with Crippen LogP contribution in [-0.4, -0.2) is 36.6 Å². The van der Waals surface area contributed by atoms with Crippen molar-refractivity contribution in [3.8, 4) is 0 Å². The standard InChI is InChI=1S/C16H23NOS/c1-19-15-9-7-14(8-10-15)16(18)13-17-11-5-3-2-4-6-12-17/h7-10H,2-6,11-13H2,1H3. The van der Waals surface area contributed by atoms with Gasteiger partial charge < -0.3 is 0 Å². The summed E-state index contributed by atoms with van der Waals surface area (Å²) in [6, 6.07) is 7.98. The van der Waals surface area contributed by atoms with Gasteiger partial charge in [-0.1, -0.05) is 31.4 Å². The number of hydrogen-bond donors (Lipinski definition) is 0. The van der Waals surface area contributed by atoms with Gasteiger partial charge in [0.15, 0.2) is 5.78 Å². The molecule has 0 amide bonds. The SMILES string of the molecule is CSc1ccc(C(=O)CN2CCCCCCC2)cc1. The fourth-order valence-electron chi connectivity index (χ4n) is 2.54. The van der Waals surface area contributed by atoms with E-state index < -0.39 is 0 Å². The van der Waals surface area contributed by atoms with Gasteiger partial charge >= 0.3 is 0 Å². The van der Waals surface area contributed by atoms with Gasteiger partial charge in [-0.15, -0.1) is 11.8 Å². The van der Waals surface area contributed by atoms with E-state index in [1.165, 1.54) is 37.0 Å². The van der Waals surface area contributed by atoms with Crippen molar-refractivity contribution >= 4 is 17.5 Å². The number of nitrogens with zero attached hydrogens (tertiary/aromatic N) is 1. The van der Waals surface area contributed by atoms with Crippen LogP contribution in [0.1, 0.15) is 42.5 Å². The first-order valence-electron chi connectivity index (χ1n) is 7.19. The summed E-state index contributed by atoms with van der Waals surface area (Å²) in [5, 5.41) is 0. The van der Waals surface area contributed by atoms with Crippen molar-refractivity contribution in [3.63, 3.8) is 0 Å². The molecule has 19 heavy (non-hydrogen) atoms. The maximum atomic E-state index is 12.3. The molecule has 3 heteroatoms. The van der Waals surface area contributed by atoms with Gasteiger partial charge in [0, 0.05) is 10.5 Å². The topological polar surface area (TPSA) is 20.3 Å². The molecule has 0 unspecified atom stereocenters. The van der Waals surface area contributed by atoms with E-state index in [1.54, 1.807) is 11.8 Å². The number of ketones is 1. The fourth-order valence-corrected chi connectivity index (χ4v) is 2.95. The van der Waals surface area contributed by atoms with Crippen molar-refractivity contribution in [1.29, 1.82) is 0 Å². The van der Waals surface area contributed by atoms with Gasteiger partial charge in [0.05, 0.1) is 6.54 Å². The molecule has 1 aromatic carbocycles. The summed E-state index contributed by atoms with van der Waals surface area (Å²) in [6.07, 6.45) is 8.51. The lowest BCUT2D eigenvalue weighted by Crippen LogP contribution is -2.32. The summed E-state index contributed by atoms with van der Waals surface area (Å²) >= 11 is 1.71. The third kappa shape index (κ3) is 4.66. The van der Waals surface area contributed by atoms with Crippen molar-refractivity contribution < 1.29 is 4.79 Å². The van der Waals surface area contributed by atoms with Gasteiger partial charge in [0.2, 0.25) is 0 Å². The molecular formula is C16H23NOS. The number of thioether (sulfide) groups is 1. The minimum absolute atomic E-state index is 0.258. The van der Waals surface area contributed by atoms with E-state index in [2.05, 4.69) is 11.2 Å². The van der Waals surface area contributed by atoms with Crippen LogP contribution in [0.2, 0.25) is 0 Å². The van der Waals surface area contributed by atoms with Crippen LogP contribution in [0.4, 0.5) is 0 Å². The maximum Gasteiger partial charge on any atom is 0.176 e. The Balaban J connectivity index is 1.91.